The van der Waals surface area contributed by atoms with Crippen molar-refractivity contribution < 1.29 is 40.7 Å². The highest BCUT2D eigenvalue weighted by atomic mass is 19.4. The molecule has 3 amide bonds. The Bertz CT molecular complexity index is 1620. The minimum absolute atomic E-state index is 0.192. The molecule has 3 heterocycles. The number of imide groups is 1. The molecule has 0 spiro atoms. The second-order valence-electron chi connectivity index (χ2n) is 9.93. The monoisotopic (exact) mass is 571 g/mol. The molecule has 12 heteroatoms. The zero-order valence-corrected chi connectivity index (χ0v) is 20.8. The zero-order valence-electron chi connectivity index (χ0n) is 20.8. The Morgan fingerprint density at radius 1 is 0.780 bits per heavy atom. The van der Waals surface area contributed by atoms with Gasteiger partial charge in [-0.3, -0.25) is 14.4 Å². The van der Waals surface area contributed by atoms with Crippen LogP contribution in [0.25, 0.3) is 6.08 Å². The van der Waals surface area contributed by atoms with Crippen molar-refractivity contribution in [2.24, 2.45) is 11.8 Å². The van der Waals surface area contributed by atoms with Crippen molar-refractivity contribution in [3.63, 3.8) is 0 Å². The second-order valence-corrected chi connectivity index (χ2v) is 9.93. The molecule has 3 aromatic carbocycles. The van der Waals surface area contributed by atoms with Crippen LogP contribution in [-0.2, 0) is 26.7 Å². The van der Waals surface area contributed by atoms with Crippen LogP contribution in [0.15, 0.2) is 79.0 Å². The molecule has 0 aliphatic carbocycles. The first-order chi connectivity index (χ1) is 19.4. The molecule has 2 fully saturated rings. The number of nitrogens with zero attached hydrogens (tertiary/aromatic N) is 2. The molecule has 0 aromatic heterocycles. The fourth-order valence-electron chi connectivity index (χ4n) is 5.99. The lowest BCUT2D eigenvalue weighted by Crippen LogP contribution is -2.46. The molecule has 210 valence electrons. The van der Waals surface area contributed by atoms with Gasteiger partial charge in [0, 0.05) is 11.9 Å². The summed E-state index contributed by atoms with van der Waals surface area (Å²) in [6.45, 7) is 0. The molecule has 3 aromatic rings. The predicted octanol–water partition coefficient (Wildman–Crippen LogP) is 5.88. The number of hydrogen-bond donors (Lipinski definition) is 1. The summed E-state index contributed by atoms with van der Waals surface area (Å²) >= 11 is 0. The molecule has 4 atom stereocenters. The Hall–Kier alpha value is -4.61. The highest BCUT2D eigenvalue weighted by Gasteiger charge is 2.65. The van der Waals surface area contributed by atoms with Gasteiger partial charge in [-0.05, 0) is 47.5 Å². The minimum Gasteiger partial charge on any atom is -0.357 e. The molecule has 0 unspecified atom stereocenters. The lowest BCUT2D eigenvalue weighted by molar-refractivity contribution is -0.138. The van der Waals surface area contributed by atoms with Gasteiger partial charge in [-0.15, -0.1) is 0 Å². The number of nitrogens with one attached hydrogen (secondary N) is 1. The number of para-hydroxylation sites is 1. The third-order valence-electron chi connectivity index (χ3n) is 7.64. The van der Waals surface area contributed by atoms with E-state index in [1.807, 2.05) is 0 Å². The Labute approximate surface area is 228 Å². The van der Waals surface area contributed by atoms with Crippen molar-refractivity contribution in [2.75, 3.05) is 10.2 Å². The van der Waals surface area contributed by atoms with E-state index in [0.29, 0.717) is 16.0 Å². The SMILES string of the molecule is O=C(Nc1cccc(C(F)(F)F)c1)[C@@H]1[C@@H]2C(=O)N(c3ccccc3C(F)(F)F)C(=O)[C@@H]2[C@H]2c3ccccc3C=CN12. The minimum atomic E-state index is -4.87. The van der Waals surface area contributed by atoms with Gasteiger partial charge in [0.25, 0.3) is 0 Å². The number of benzene rings is 3. The fourth-order valence-corrected chi connectivity index (χ4v) is 5.99. The van der Waals surface area contributed by atoms with Gasteiger partial charge < -0.3 is 10.2 Å². The molecule has 0 bridgehead atoms. The molecular weight excluding hydrogens is 552 g/mol. The number of alkyl halides is 6. The topological polar surface area (TPSA) is 69.7 Å². The molecule has 2 saturated heterocycles. The quantitative estimate of drug-likeness (QED) is 0.315. The standard InChI is InChI=1S/C29H19F6N3O3/c30-28(31,32)16-7-5-8-17(14-16)36-25(39)24-22-21(23-18-9-2-1-6-15(18)12-13-37(23)24)26(40)38(27(22)41)20-11-4-3-10-19(20)29(33,34)35/h1-14,21-24H,(H,36,39)/t21-,22+,23+,24-/m0/s1. The van der Waals surface area contributed by atoms with Gasteiger partial charge >= 0.3 is 12.4 Å². The maximum absolute atomic E-state index is 13.9. The Balaban J connectivity index is 1.44. The number of fused-ring (bicyclic) bond motifs is 5. The fraction of sp³-hybridized carbons (Fsp3) is 0.207. The maximum Gasteiger partial charge on any atom is 0.418 e. The van der Waals surface area contributed by atoms with E-state index in [-0.39, 0.29) is 5.69 Å². The molecule has 6 rings (SSSR count). The Morgan fingerprint density at radius 2 is 1.46 bits per heavy atom. The third kappa shape index (κ3) is 4.25. The number of amides is 3. The van der Waals surface area contributed by atoms with Crippen LogP contribution >= 0.6 is 0 Å². The van der Waals surface area contributed by atoms with Gasteiger partial charge in [-0.25, -0.2) is 4.90 Å². The molecule has 3 aliphatic rings. The number of rotatable bonds is 3. The van der Waals surface area contributed by atoms with Crippen LogP contribution in [0.3, 0.4) is 0 Å². The largest absolute Gasteiger partial charge is 0.418 e. The summed E-state index contributed by atoms with van der Waals surface area (Å²) < 4.78 is 81.4. The van der Waals surface area contributed by atoms with Gasteiger partial charge in [0.1, 0.15) is 6.04 Å². The molecule has 3 aliphatic heterocycles. The average Bonchev–Trinajstić information content (AvgIpc) is 3.40. The number of carbonyl (C=O) groups is 3. The van der Waals surface area contributed by atoms with Crippen molar-refractivity contribution >= 4 is 35.2 Å². The van der Waals surface area contributed by atoms with Gasteiger partial charge in [-0.2, -0.15) is 26.3 Å². The van der Waals surface area contributed by atoms with E-state index >= 15 is 0 Å². The first-order valence-corrected chi connectivity index (χ1v) is 12.4. The lowest BCUT2D eigenvalue weighted by Gasteiger charge is -2.35. The van der Waals surface area contributed by atoms with Crippen LogP contribution in [0.5, 0.6) is 0 Å². The van der Waals surface area contributed by atoms with E-state index in [4.69, 9.17) is 0 Å². The average molecular weight is 571 g/mol. The summed E-state index contributed by atoms with van der Waals surface area (Å²) in [7, 11) is 0. The van der Waals surface area contributed by atoms with Crippen LogP contribution in [0.1, 0.15) is 28.3 Å². The second kappa shape index (κ2) is 9.22. The summed E-state index contributed by atoms with van der Waals surface area (Å²) in [4.78, 5) is 43.4. The summed E-state index contributed by atoms with van der Waals surface area (Å²) in [6.07, 6.45) is -6.36. The van der Waals surface area contributed by atoms with E-state index < -0.39 is 70.8 Å². The van der Waals surface area contributed by atoms with Crippen molar-refractivity contribution in [2.45, 2.75) is 24.4 Å². The molecular formula is C29H19F6N3O3. The van der Waals surface area contributed by atoms with E-state index in [0.717, 1.165) is 36.4 Å². The highest BCUT2D eigenvalue weighted by molar-refractivity contribution is 6.24. The van der Waals surface area contributed by atoms with Crippen LogP contribution in [0.4, 0.5) is 37.7 Å². The molecule has 1 N–H and O–H groups in total. The summed E-state index contributed by atoms with van der Waals surface area (Å²) in [6, 6.07) is 12.7. The van der Waals surface area contributed by atoms with Gasteiger partial charge in [-0.1, -0.05) is 42.5 Å². The Morgan fingerprint density at radius 3 is 2.20 bits per heavy atom. The summed E-state index contributed by atoms with van der Waals surface area (Å²) in [5.74, 6) is -5.41. The highest BCUT2D eigenvalue weighted by Crippen LogP contribution is 2.54. The zero-order chi connectivity index (χ0) is 29.3. The van der Waals surface area contributed by atoms with Crippen LogP contribution < -0.4 is 10.2 Å². The van der Waals surface area contributed by atoms with Crippen molar-refractivity contribution in [3.8, 4) is 0 Å². The maximum atomic E-state index is 13.9. The van der Waals surface area contributed by atoms with Gasteiger partial charge in [0.2, 0.25) is 17.7 Å². The van der Waals surface area contributed by atoms with Crippen molar-refractivity contribution in [1.29, 1.82) is 0 Å². The van der Waals surface area contributed by atoms with Crippen molar-refractivity contribution in [3.05, 3.63) is 101 Å². The number of halogens is 6. The number of carbonyl (C=O) groups excluding carboxylic acids is 3. The Kier molecular flexibility index (Phi) is 5.98. The first-order valence-electron chi connectivity index (χ1n) is 12.4. The van der Waals surface area contributed by atoms with Crippen LogP contribution in [-0.4, -0.2) is 28.7 Å². The van der Waals surface area contributed by atoms with Gasteiger partial charge in [0.15, 0.2) is 0 Å². The lowest BCUT2D eigenvalue weighted by atomic mass is 9.84. The van der Waals surface area contributed by atoms with E-state index in [1.54, 1.807) is 30.3 Å². The normalized spacial score (nSPS) is 23.4. The third-order valence-corrected chi connectivity index (χ3v) is 7.64. The number of anilines is 2. The molecule has 41 heavy (non-hydrogen) atoms. The molecule has 6 nitrogen and oxygen atoms in total. The van der Waals surface area contributed by atoms with E-state index in [9.17, 15) is 40.7 Å². The van der Waals surface area contributed by atoms with Crippen LogP contribution in [0, 0.1) is 11.8 Å². The van der Waals surface area contributed by atoms with Crippen LogP contribution in [0.2, 0.25) is 0 Å². The summed E-state index contributed by atoms with van der Waals surface area (Å²) in [5, 5.41) is 2.42. The van der Waals surface area contributed by atoms with Crippen molar-refractivity contribution in [1.82, 2.24) is 4.90 Å². The smallest absolute Gasteiger partial charge is 0.357 e. The van der Waals surface area contributed by atoms with E-state index in [1.165, 1.54) is 23.2 Å². The number of hydrogen-bond acceptors (Lipinski definition) is 4. The molecule has 0 saturated carbocycles. The predicted molar refractivity (Wildman–Crippen MR) is 135 cm³/mol. The van der Waals surface area contributed by atoms with Gasteiger partial charge in [0.05, 0.1) is 34.7 Å². The molecule has 0 radical (unpaired) electrons. The van der Waals surface area contributed by atoms with E-state index in [2.05, 4.69) is 5.32 Å². The first kappa shape index (κ1) is 26.6. The summed E-state index contributed by atoms with van der Waals surface area (Å²) in [5.41, 5.74) is -1.75.